The summed E-state index contributed by atoms with van der Waals surface area (Å²) in [5.41, 5.74) is 7.30. The van der Waals surface area contributed by atoms with Crippen molar-refractivity contribution in [3.63, 3.8) is 0 Å². The van der Waals surface area contributed by atoms with Gasteiger partial charge >= 0.3 is 0 Å². The van der Waals surface area contributed by atoms with E-state index in [1.165, 1.54) is 25.7 Å². The highest BCUT2D eigenvalue weighted by Gasteiger charge is 2.38. The number of nitrogens with two attached hydrogens (primary N) is 1. The van der Waals surface area contributed by atoms with Crippen LogP contribution in [0.2, 0.25) is 0 Å². The van der Waals surface area contributed by atoms with Crippen molar-refractivity contribution in [2.75, 3.05) is 5.32 Å². The predicted molar refractivity (Wildman–Crippen MR) is 85.6 cm³/mol. The fourth-order valence-electron chi connectivity index (χ4n) is 3.65. The van der Waals surface area contributed by atoms with E-state index in [0.717, 1.165) is 12.0 Å². The van der Waals surface area contributed by atoms with Crippen molar-refractivity contribution in [3.8, 4) is 0 Å². The first-order valence-corrected chi connectivity index (χ1v) is 8.02. The monoisotopic (exact) mass is 301 g/mol. The van der Waals surface area contributed by atoms with E-state index < -0.39 is 5.91 Å². The number of nitrogens with one attached hydrogen (secondary N) is 2. The summed E-state index contributed by atoms with van der Waals surface area (Å²) in [6.07, 6.45) is 5.83. The van der Waals surface area contributed by atoms with Gasteiger partial charge in [0.25, 0.3) is 0 Å². The first kappa shape index (κ1) is 15.0. The van der Waals surface area contributed by atoms with Crippen molar-refractivity contribution in [2.24, 2.45) is 11.7 Å². The van der Waals surface area contributed by atoms with Crippen molar-refractivity contribution < 1.29 is 9.59 Å². The molecule has 1 aliphatic carbocycles. The smallest absolute Gasteiger partial charge is 0.248 e. The summed E-state index contributed by atoms with van der Waals surface area (Å²) in [5.74, 6) is 0.127. The van der Waals surface area contributed by atoms with E-state index in [2.05, 4.69) is 10.6 Å². The Kier molecular flexibility index (Phi) is 4.16. The molecule has 1 aliphatic heterocycles. The van der Waals surface area contributed by atoms with Gasteiger partial charge in [-0.1, -0.05) is 18.9 Å². The van der Waals surface area contributed by atoms with Gasteiger partial charge in [0, 0.05) is 17.3 Å². The number of anilines is 1. The third-order valence-corrected chi connectivity index (χ3v) is 4.96. The van der Waals surface area contributed by atoms with E-state index in [-0.39, 0.29) is 11.9 Å². The Bertz CT molecular complexity index is 586. The van der Waals surface area contributed by atoms with Gasteiger partial charge in [-0.25, -0.2) is 0 Å². The molecule has 5 nitrogen and oxygen atoms in total. The number of primary amides is 1. The van der Waals surface area contributed by atoms with Crippen LogP contribution in [0.1, 0.15) is 48.0 Å². The lowest BCUT2D eigenvalue weighted by molar-refractivity contribution is -0.117. The van der Waals surface area contributed by atoms with Gasteiger partial charge in [-0.3, -0.25) is 9.59 Å². The van der Waals surface area contributed by atoms with Crippen LogP contribution in [0.25, 0.3) is 0 Å². The van der Waals surface area contributed by atoms with Crippen LogP contribution in [0.4, 0.5) is 5.69 Å². The molecule has 118 valence electrons. The molecule has 4 N–H and O–H groups in total. The van der Waals surface area contributed by atoms with Crippen molar-refractivity contribution >= 4 is 17.5 Å². The number of hydrogen-bond acceptors (Lipinski definition) is 3. The third-order valence-electron chi connectivity index (χ3n) is 4.96. The molecule has 0 bridgehead atoms. The zero-order valence-corrected chi connectivity index (χ0v) is 12.9. The lowest BCUT2D eigenvalue weighted by atomic mass is 9.85. The fraction of sp³-hybridized carbons (Fsp3) is 0.529. The number of carbonyl (C=O) groups is 2. The maximum atomic E-state index is 12.5. The number of carbonyl (C=O) groups excluding carboxylic acids is 2. The summed E-state index contributed by atoms with van der Waals surface area (Å²) in [6, 6.07) is 5.48. The highest BCUT2D eigenvalue weighted by atomic mass is 16.2. The van der Waals surface area contributed by atoms with E-state index in [1.54, 1.807) is 18.2 Å². The maximum Gasteiger partial charge on any atom is 0.248 e. The molecule has 1 aromatic carbocycles. The fourth-order valence-corrected chi connectivity index (χ4v) is 3.65. The molecular weight excluding hydrogens is 278 g/mol. The van der Waals surface area contributed by atoms with Crippen LogP contribution in [0.15, 0.2) is 18.2 Å². The number of amides is 2. The summed E-state index contributed by atoms with van der Waals surface area (Å²) in [6.45, 7) is 1.90. The number of hydrogen-bond donors (Lipinski definition) is 3. The highest BCUT2D eigenvalue weighted by molar-refractivity contribution is 5.98. The predicted octanol–water partition coefficient (Wildman–Crippen LogP) is 1.95. The normalized spacial score (nSPS) is 27.2. The Balaban J connectivity index is 1.69. The Hall–Kier alpha value is -1.88. The van der Waals surface area contributed by atoms with Crippen molar-refractivity contribution in [1.82, 2.24) is 5.32 Å². The van der Waals surface area contributed by atoms with Gasteiger partial charge in [-0.15, -0.1) is 0 Å². The second kappa shape index (κ2) is 6.08. The minimum absolute atomic E-state index is 0.0147. The molecule has 3 unspecified atom stereocenters. The Labute approximate surface area is 130 Å². The minimum atomic E-state index is -0.486. The van der Waals surface area contributed by atoms with Crippen LogP contribution in [-0.2, 0) is 4.79 Å². The lowest BCUT2D eigenvalue weighted by Crippen LogP contribution is -2.40. The average molecular weight is 301 g/mol. The van der Waals surface area contributed by atoms with E-state index in [0.29, 0.717) is 23.2 Å². The van der Waals surface area contributed by atoms with Crippen molar-refractivity contribution in [3.05, 3.63) is 29.3 Å². The van der Waals surface area contributed by atoms with Gasteiger partial charge in [0.2, 0.25) is 11.8 Å². The van der Waals surface area contributed by atoms with Gasteiger partial charge in [0.15, 0.2) is 0 Å². The quantitative estimate of drug-likeness (QED) is 0.798. The zero-order chi connectivity index (χ0) is 15.7. The van der Waals surface area contributed by atoms with Gasteiger partial charge in [-0.2, -0.15) is 0 Å². The first-order valence-electron chi connectivity index (χ1n) is 8.02. The molecule has 1 aromatic rings. The molecule has 0 radical (unpaired) electrons. The molecule has 5 heteroatoms. The van der Waals surface area contributed by atoms with E-state index >= 15 is 0 Å². The summed E-state index contributed by atoms with van der Waals surface area (Å²) in [7, 11) is 0. The Morgan fingerprint density at radius 2 is 2.05 bits per heavy atom. The Morgan fingerprint density at radius 3 is 2.77 bits per heavy atom. The summed E-state index contributed by atoms with van der Waals surface area (Å²) in [4.78, 5) is 23.8. The van der Waals surface area contributed by atoms with E-state index in [9.17, 15) is 9.59 Å². The van der Waals surface area contributed by atoms with Crippen LogP contribution in [0, 0.1) is 12.8 Å². The molecule has 3 atom stereocenters. The molecule has 1 heterocycles. The van der Waals surface area contributed by atoms with Gasteiger partial charge < -0.3 is 16.4 Å². The van der Waals surface area contributed by atoms with Crippen molar-refractivity contribution in [1.29, 1.82) is 0 Å². The summed E-state index contributed by atoms with van der Waals surface area (Å²) < 4.78 is 0. The molecule has 0 aromatic heterocycles. The summed E-state index contributed by atoms with van der Waals surface area (Å²) >= 11 is 0. The molecule has 1 saturated carbocycles. The van der Waals surface area contributed by atoms with Crippen LogP contribution in [0.5, 0.6) is 0 Å². The molecular formula is C17H23N3O2. The topological polar surface area (TPSA) is 84.2 Å². The average Bonchev–Trinajstić information content (AvgIpc) is 2.93. The van der Waals surface area contributed by atoms with Crippen LogP contribution in [-0.4, -0.2) is 23.9 Å². The number of rotatable bonds is 3. The van der Waals surface area contributed by atoms with E-state index in [4.69, 9.17) is 5.73 Å². The Morgan fingerprint density at radius 1 is 1.27 bits per heavy atom. The second-order valence-electron chi connectivity index (χ2n) is 6.49. The van der Waals surface area contributed by atoms with Crippen LogP contribution in [0.3, 0.4) is 0 Å². The third kappa shape index (κ3) is 2.99. The first-order chi connectivity index (χ1) is 10.5. The standard InChI is InChI=1S/C17H23N3O2/c1-10-6-7-12(16(18)21)9-14(10)20-17(22)15-8-11-4-2-3-5-13(11)19-15/h6-7,9,11,13,15,19H,2-5,8H2,1H3,(H2,18,21)(H,20,22). The van der Waals surface area contributed by atoms with Crippen molar-refractivity contribution in [2.45, 2.75) is 51.1 Å². The minimum Gasteiger partial charge on any atom is -0.366 e. The number of benzene rings is 1. The maximum absolute atomic E-state index is 12.5. The van der Waals surface area contributed by atoms with Gasteiger partial charge in [-0.05, 0) is 49.8 Å². The number of aryl methyl sites for hydroxylation is 1. The van der Waals surface area contributed by atoms with E-state index in [1.807, 2.05) is 6.92 Å². The molecule has 2 amide bonds. The highest BCUT2D eigenvalue weighted by Crippen LogP contribution is 2.33. The molecule has 22 heavy (non-hydrogen) atoms. The SMILES string of the molecule is Cc1ccc(C(N)=O)cc1NC(=O)C1CC2CCCCC2N1. The second-order valence-corrected chi connectivity index (χ2v) is 6.49. The molecule has 2 aliphatic rings. The van der Waals surface area contributed by atoms with Crippen LogP contribution < -0.4 is 16.4 Å². The van der Waals surface area contributed by atoms with Gasteiger partial charge in [0.05, 0.1) is 6.04 Å². The lowest BCUT2D eigenvalue weighted by Gasteiger charge is -2.24. The molecule has 3 rings (SSSR count). The number of fused-ring (bicyclic) bond motifs is 1. The molecule has 1 saturated heterocycles. The zero-order valence-electron chi connectivity index (χ0n) is 12.9. The molecule has 0 spiro atoms. The van der Waals surface area contributed by atoms with Crippen LogP contribution >= 0.6 is 0 Å². The molecule has 2 fully saturated rings. The largest absolute Gasteiger partial charge is 0.366 e. The van der Waals surface area contributed by atoms with Gasteiger partial charge in [0.1, 0.15) is 0 Å². The summed E-state index contributed by atoms with van der Waals surface area (Å²) in [5, 5.41) is 6.41.